The molecular formula is C18H20ClN3O3S. The molecule has 1 aliphatic heterocycles. The molecule has 1 aliphatic rings. The fraction of sp³-hybridized carbons (Fsp3) is 0.278. The van der Waals surface area contributed by atoms with Gasteiger partial charge in [0.1, 0.15) is 0 Å². The molecule has 1 fully saturated rings. The van der Waals surface area contributed by atoms with Crippen molar-refractivity contribution < 1.29 is 13.2 Å². The van der Waals surface area contributed by atoms with Crippen LogP contribution in [0.15, 0.2) is 48.5 Å². The Labute approximate surface area is 158 Å². The highest BCUT2D eigenvalue weighted by atomic mass is 35.5. The maximum absolute atomic E-state index is 12.7. The number of hydrogen-bond acceptors (Lipinski definition) is 3. The summed E-state index contributed by atoms with van der Waals surface area (Å²) in [5.41, 5.74) is 2.54. The molecule has 0 bridgehead atoms. The molecule has 0 spiro atoms. The van der Waals surface area contributed by atoms with Crippen molar-refractivity contribution in [2.75, 3.05) is 25.0 Å². The number of halogens is 1. The van der Waals surface area contributed by atoms with Crippen LogP contribution in [0.4, 0.5) is 5.69 Å². The van der Waals surface area contributed by atoms with E-state index in [2.05, 4.69) is 5.32 Å². The van der Waals surface area contributed by atoms with Crippen LogP contribution in [0.25, 0.3) is 0 Å². The largest absolute Gasteiger partial charge is 0.325 e. The minimum absolute atomic E-state index is 0.206. The zero-order valence-corrected chi connectivity index (χ0v) is 15.9. The first-order chi connectivity index (χ1) is 12.3. The second-order valence-electron chi connectivity index (χ2n) is 6.22. The number of nitrogens with zero attached hydrogens (tertiary/aromatic N) is 2. The Morgan fingerprint density at radius 2 is 1.81 bits per heavy atom. The molecule has 0 atom stereocenters. The summed E-state index contributed by atoms with van der Waals surface area (Å²) in [7, 11) is -3.67. The maximum Gasteiger partial charge on any atom is 0.282 e. The van der Waals surface area contributed by atoms with E-state index in [4.69, 9.17) is 11.6 Å². The van der Waals surface area contributed by atoms with Gasteiger partial charge in [-0.25, -0.2) is 0 Å². The van der Waals surface area contributed by atoms with Gasteiger partial charge in [-0.15, -0.1) is 0 Å². The number of amides is 1. The third-order valence-electron chi connectivity index (χ3n) is 4.15. The smallest absolute Gasteiger partial charge is 0.282 e. The monoisotopic (exact) mass is 393 g/mol. The Kier molecular flexibility index (Phi) is 5.62. The van der Waals surface area contributed by atoms with Crippen molar-refractivity contribution in [1.29, 1.82) is 0 Å². The van der Waals surface area contributed by atoms with Gasteiger partial charge in [0.2, 0.25) is 5.91 Å². The molecule has 1 amide bonds. The van der Waals surface area contributed by atoms with Crippen LogP contribution >= 0.6 is 11.6 Å². The van der Waals surface area contributed by atoms with Crippen LogP contribution in [0.1, 0.15) is 11.1 Å². The number of nitrogens with one attached hydrogen (secondary N) is 1. The summed E-state index contributed by atoms with van der Waals surface area (Å²) in [5.74, 6) is -0.359. The number of carbonyl (C=O) groups is 1. The van der Waals surface area contributed by atoms with Gasteiger partial charge in [0.25, 0.3) is 10.2 Å². The zero-order valence-electron chi connectivity index (χ0n) is 14.4. The quantitative estimate of drug-likeness (QED) is 0.848. The van der Waals surface area contributed by atoms with E-state index in [1.54, 1.807) is 30.3 Å². The second kappa shape index (κ2) is 7.75. The molecule has 1 heterocycles. The van der Waals surface area contributed by atoms with Gasteiger partial charge in [-0.3, -0.25) is 4.79 Å². The third-order valence-corrected chi connectivity index (χ3v) is 6.32. The van der Waals surface area contributed by atoms with Crippen LogP contribution < -0.4 is 5.32 Å². The van der Waals surface area contributed by atoms with Crippen LogP contribution in [0, 0.1) is 6.92 Å². The molecule has 6 nitrogen and oxygen atoms in total. The number of carbonyl (C=O) groups excluding carboxylic acids is 1. The highest BCUT2D eigenvalue weighted by Gasteiger charge is 2.37. The number of hydrogen-bond donors (Lipinski definition) is 1. The Morgan fingerprint density at radius 1 is 1.12 bits per heavy atom. The van der Waals surface area contributed by atoms with E-state index in [9.17, 15) is 13.2 Å². The SMILES string of the molecule is Cc1ccc(NC(=O)CN2CCN(Cc3cccc(Cl)c3)S2(=O)=O)cc1. The summed E-state index contributed by atoms with van der Waals surface area (Å²) in [6, 6.07) is 14.4. The van der Waals surface area contributed by atoms with Crippen molar-refractivity contribution in [2.24, 2.45) is 0 Å². The summed E-state index contributed by atoms with van der Waals surface area (Å²) in [5, 5.41) is 3.29. The Balaban J connectivity index is 1.62. The van der Waals surface area contributed by atoms with Gasteiger partial charge >= 0.3 is 0 Å². The zero-order chi connectivity index (χ0) is 18.7. The minimum atomic E-state index is -3.67. The molecule has 26 heavy (non-hydrogen) atoms. The van der Waals surface area contributed by atoms with E-state index in [-0.39, 0.29) is 25.5 Å². The average Bonchev–Trinajstić information content (AvgIpc) is 2.84. The van der Waals surface area contributed by atoms with Crippen molar-refractivity contribution >= 4 is 33.4 Å². The van der Waals surface area contributed by atoms with E-state index in [0.717, 1.165) is 11.1 Å². The highest BCUT2D eigenvalue weighted by Crippen LogP contribution is 2.21. The summed E-state index contributed by atoms with van der Waals surface area (Å²) in [6.07, 6.45) is 0. The fourth-order valence-electron chi connectivity index (χ4n) is 2.77. The number of aryl methyl sites for hydroxylation is 1. The molecule has 0 aliphatic carbocycles. The van der Waals surface area contributed by atoms with E-state index in [1.807, 2.05) is 25.1 Å². The van der Waals surface area contributed by atoms with Crippen LogP contribution in [-0.4, -0.2) is 42.6 Å². The molecule has 2 aromatic rings. The predicted octanol–water partition coefficient (Wildman–Crippen LogP) is 2.65. The lowest BCUT2D eigenvalue weighted by Gasteiger charge is -2.18. The van der Waals surface area contributed by atoms with Crippen molar-refractivity contribution in [2.45, 2.75) is 13.5 Å². The second-order valence-corrected chi connectivity index (χ2v) is 8.58. The van der Waals surface area contributed by atoms with Crippen LogP contribution in [-0.2, 0) is 21.5 Å². The first kappa shape index (κ1) is 18.8. The van der Waals surface area contributed by atoms with Gasteiger partial charge in [-0.05, 0) is 36.8 Å². The van der Waals surface area contributed by atoms with Gasteiger partial charge in [-0.2, -0.15) is 17.0 Å². The summed E-state index contributed by atoms with van der Waals surface area (Å²) >= 11 is 5.95. The normalized spacial score (nSPS) is 17.3. The van der Waals surface area contributed by atoms with Gasteiger partial charge in [0, 0.05) is 30.3 Å². The first-order valence-corrected chi connectivity index (χ1v) is 9.98. The Morgan fingerprint density at radius 3 is 2.50 bits per heavy atom. The first-order valence-electron chi connectivity index (χ1n) is 8.21. The minimum Gasteiger partial charge on any atom is -0.325 e. The van der Waals surface area contributed by atoms with E-state index in [1.165, 1.54) is 8.61 Å². The van der Waals surface area contributed by atoms with E-state index >= 15 is 0 Å². The van der Waals surface area contributed by atoms with Crippen molar-refractivity contribution in [3.63, 3.8) is 0 Å². The lowest BCUT2D eigenvalue weighted by molar-refractivity contribution is -0.116. The van der Waals surface area contributed by atoms with E-state index < -0.39 is 10.2 Å². The number of benzene rings is 2. The van der Waals surface area contributed by atoms with Gasteiger partial charge in [0.15, 0.2) is 0 Å². The van der Waals surface area contributed by atoms with Crippen LogP contribution in [0.2, 0.25) is 5.02 Å². The number of anilines is 1. The molecular weight excluding hydrogens is 374 g/mol. The molecule has 0 radical (unpaired) electrons. The standard InChI is InChI=1S/C18H20ClN3O3S/c1-14-5-7-17(8-6-14)20-18(23)13-22-10-9-21(26(22,24)25)12-15-3-2-4-16(19)11-15/h2-8,11H,9-10,12-13H2,1H3,(H,20,23). The van der Waals surface area contributed by atoms with Crippen LogP contribution in [0.3, 0.4) is 0 Å². The fourth-order valence-corrected chi connectivity index (χ4v) is 4.53. The lowest BCUT2D eigenvalue weighted by atomic mass is 10.2. The molecule has 0 saturated carbocycles. The average molecular weight is 394 g/mol. The topological polar surface area (TPSA) is 69.7 Å². The summed E-state index contributed by atoms with van der Waals surface area (Å²) in [6.45, 7) is 2.61. The molecule has 3 rings (SSSR count). The molecule has 138 valence electrons. The predicted molar refractivity (Wildman–Crippen MR) is 102 cm³/mol. The molecule has 2 aromatic carbocycles. The van der Waals surface area contributed by atoms with Crippen molar-refractivity contribution in [3.05, 3.63) is 64.7 Å². The third kappa shape index (κ3) is 4.42. The summed E-state index contributed by atoms with van der Waals surface area (Å²) in [4.78, 5) is 12.2. The Bertz CT molecular complexity index is 900. The lowest BCUT2D eigenvalue weighted by Crippen LogP contribution is -2.37. The van der Waals surface area contributed by atoms with Gasteiger partial charge in [-0.1, -0.05) is 41.4 Å². The molecule has 1 N–H and O–H groups in total. The van der Waals surface area contributed by atoms with Gasteiger partial charge < -0.3 is 5.32 Å². The number of rotatable bonds is 5. The van der Waals surface area contributed by atoms with Crippen molar-refractivity contribution in [1.82, 2.24) is 8.61 Å². The van der Waals surface area contributed by atoms with E-state index in [0.29, 0.717) is 17.3 Å². The summed E-state index contributed by atoms with van der Waals surface area (Å²) < 4.78 is 27.9. The highest BCUT2D eigenvalue weighted by molar-refractivity contribution is 7.87. The molecule has 8 heteroatoms. The molecule has 0 unspecified atom stereocenters. The van der Waals surface area contributed by atoms with Crippen molar-refractivity contribution in [3.8, 4) is 0 Å². The molecule has 1 saturated heterocycles. The maximum atomic E-state index is 12.7. The van der Waals surface area contributed by atoms with Crippen LogP contribution in [0.5, 0.6) is 0 Å². The van der Waals surface area contributed by atoms with Gasteiger partial charge in [0.05, 0.1) is 6.54 Å². The molecule has 0 aromatic heterocycles. The Hall–Kier alpha value is -1.93.